The van der Waals surface area contributed by atoms with Crippen LogP contribution >= 0.6 is 11.8 Å². The number of nitrogens with one attached hydrogen (secondary N) is 2. The van der Waals surface area contributed by atoms with Gasteiger partial charge in [-0.1, -0.05) is 42.5 Å². The molecule has 1 fully saturated rings. The molecule has 1 saturated heterocycles. The van der Waals surface area contributed by atoms with E-state index in [4.69, 9.17) is 14.2 Å². The van der Waals surface area contributed by atoms with Gasteiger partial charge in [0.1, 0.15) is 24.0 Å². The first kappa shape index (κ1) is 37.4. The Morgan fingerprint density at radius 2 is 1.73 bits per heavy atom. The molecular formula is C35H42F4N2O6S. The molecule has 2 unspecified atom stereocenters. The number of carbonyl (C=O) groups excluding carboxylic acids is 2. The third-order valence-electron chi connectivity index (χ3n) is 7.90. The predicted octanol–water partition coefficient (Wildman–Crippen LogP) is 6.12. The number of fused-ring (bicyclic) bond motifs is 1. The fourth-order valence-corrected chi connectivity index (χ4v) is 6.13. The molecular weight excluding hydrogens is 652 g/mol. The molecule has 3 aromatic carbocycles. The summed E-state index contributed by atoms with van der Waals surface area (Å²) in [4.78, 5) is 26.9. The Bertz CT molecular complexity index is 1550. The normalized spacial score (nSPS) is 18.6. The molecule has 0 spiro atoms. The van der Waals surface area contributed by atoms with Crippen molar-refractivity contribution in [2.45, 2.75) is 82.4 Å². The van der Waals surface area contributed by atoms with Crippen molar-refractivity contribution in [1.29, 1.82) is 0 Å². The number of halogens is 4. The van der Waals surface area contributed by atoms with Crippen molar-refractivity contribution in [3.05, 3.63) is 77.4 Å². The summed E-state index contributed by atoms with van der Waals surface area (Å²) in [5.41, 5.74) is -1.06. The molecule has 3 aromatic rings. The fraction of sp³-hybridized carbons (Fsp3) is 0.486. The van der Waals surface area contributed by atoms with E-state index >= 15 is 0 Å². The maximum atomic E-state index is 14.3. The lowest BCUT2D eigenvalue weighted by atomic mass is 9.89. The highest BCUT2D eigenvalue weighted by Crippen LogP contribution is 2.37. The molecule has 3 N–H and O–H groups in total. The number of hydrogen-bond donors (Lipinski definition) is 3. The van der Waals surface area contributed by atoms with Gasteiger partial charge in [-0.25, -0.2) is 8.78 Å². The second-order valence-corrected chi connectivity index (χ2v) is 13.7. The lowest BCUT2D eigenvalue weighted by molar-refractivity contribution is -0.156. The number of hydrogen-bond acceptors (Lipinski definition) is 8. The SMILES string of the molecule is CSCC[C@H](NC1(c2cccc3ccccc23)CCCCO1)C(=O)N[C@@H](CC(=O)OC(C)(C)C)C(O)COc1c(F)c(F)cc(F)c1F. The van der Waals surface area contributed by atoms with Gasteiger partial charge in [-0.05, 0) is 69.2 Å². The van der Waals surface area contributed by atoms with E-state index in [0.29, 0.717) is 25.2 Å². The average Bonchev–Trinajstić information content (AvgIpc) is 3.04. The van der Waals surface area contributed by atoms with Crippen LogP contribution in [0.25, 0.3) is 10.8 Å². The molecule has 0 aromatic heterocycles. The quantitative estimate of drug-likeness (QED) is 0.105. The summed E-state index contributed by atoms with van der Waals surface area (Å²) in [5, 5.41) is 19.2. The highest BCUT2D eigenvalue weighted by atomic mass is 32.2. The minimum atomic E-state index is -1.79. The van der Waals surface area contributed by atoms with Crippen LogP contribution in [0.3, 0.4) is 0 Å². The maximum Gasteiger partial charge on any atom is 0.308 e. The smallest absolute Gasteiger partial charge is 0.308 e. The second kappa shape index (κ2) is 16.3. The van der Waals surface area contributed by atoms with E-state index in [1.807, 2.05) is 48.7 Å². The molecule has 4 rings (SSSR count). The molecule has 1 heterocycles. The van der Waals surface area contributed by atoms with Crippen molar-refractivity contribution in [3.63, 3.8) is 0 Å². The van der Waals surface area contributed by atoms with Crippen molar-refractivity contribution in [3.8, 4) is 5.75 Å². The second-order valence-electron chi connectivity index (χ2n) is 12.7. The van der Waals surface area contributed by atoms with Gasteiger partial charge >= 0.3 is 5.97 Å². The van der Waals surface area contributed by atoms with Crippen LogP contribution in [0.1, 0.15) is 58.4 Å². The number of carbonyl (C=O) groups is 2. The molecule has 48 heavy (non-hydrogen) atoms. The van der Waals surface area contributed by atoms with E-state index in [9.17, 15) is 32.3 Å². The van der Waals surface area contributed by atoms with Crippen LogP contribution in [-0.4, -0.2) is 66.0 Å². The minimum absolute atomic E-state index is 0.0300. The highest BCUT2D eigenvalue weighted by Gasteiger charge is 2.41. The number of benzene rings is 3. The van der Waals surface area contributed by atoms with E-state index in [1.54, 1.807) is 20.8 Å². The van der Waals surface area contributed by atoms with Gasteiger partial charge in [0.05, 0.1) is 18.5 Å². The zero-order chi connectivity index (χ0) is 35.1. The van der Waals surface area contributed by atoms with E-state index in [0.717, 1.165) is 29.2 Å². The third kappa shape index (κ3) is 9.40. The molecule has 0 radical (unpaired) electrons. The van der Waals surface area contributed by atoms with E-state index in [-0.39, 0.29) is 6.07 Å². The summed E-state index contributed by atoms with van der Waals surface area (Å²) in [6.07, 6.45) is 2.18. The van der Waals surface area contributed by atoms with E-state index in [1.165, 1.54) is 11.8 Å². The summed E-state index contributed by atoms with van der Waals surface area (Å²) >= 11 is 1.52. The largest absolute Gasteiger partial charge is 0.485 e. The highest BCUT2D eigenvalue weighted by molar-refractivity contribution is 7.98. The summed E-state index contributed by atoms with van der Waals surface area (Å²) in [6, 6.07) is 11.5. The van der Waals surface area contributed by atoms with Crippen LogP contribution in [0.4, 0.5) is 17.6 Å². The summed E-state index contributed by atoms with van der Waals surface area (Å²) < 4.78 is 72.9. The first-order valence-corrected chi connectivity index (χ1v) is 17.2. The van der Waals surface area contributed by atoms with E-state index in [2.05, 4.69) is 10.6 Å². The predicted molar refractivity (Wildman–Crippen MR) is 176 cm³/mol. The fourth-order valence-electron chi connectivity index (χ4n) is 5.65. The Morgan fingerprint density at radius 1 is 1.04 bits per heavy atom. The van der Waals surface area contributed by atoms with Crippen molar-refractivity contribution >= 4 is 34.4 Å². The third-order valence-corrected chi connectivity index (χ3v) is 8.54. The molecule has 1 aliphatic rings. The van der Waals surface area contributed by atoms with Crippen LogP contribution in [-0.2, 0) is 24.8 Å². The average molecular weight is 695 g/mol. The zero-order valence-electron chi connectivity index (χ0n) is 27.4. The number of aliphatic hydroxyl groups is 1. The van der Waals surface area contributed by atoms with Crippen molar-refractivity contribution in [2.75, 3.05) is 25.2 Å². The number of ether oxygens (including phenoxy) is 3. The summed E-state index contributed by atoms with van der Waals surface area (Å²) in [5.74, 6) is -9.13. The molecule has 1 aliphatic heterocycles. The van der Waals surface area contributed by atoms with Crippen molar-refractivity contribution < 1.29 is 46.5 Å². The van der Waals surface area contributed by atoms with Gasteiger partial charge in [-0.2, -0.15) is 20.5 Å². The van der Waals surface area contributed by atoms with Gasteiger partial charge in [0, 0.05) is 18.2 Å². The molecule has 262 valence electrons. The Kier molecular flexibility index (Phi) is 12.7. The summed E-state index contributed by atoms with van der Waals surface area (Å²) in [7, 11) is 0. The van der Waals surface area contributed by atoms with Gasteiger partial charge in [-0.3, -0.25) is 14.9 Å². The first-order valence-electron chi connectivity index (χ1n) is 15.8. The van der Waals surface area contributed by atoms with Gasteiger partial charge < -0.3 is 24.6 Å². The number of rotatable bonds is 14. The Balaban J connectivity index is 1.62. The maximum absolute atomic E-state index is 14.3. The van der Waals surface area contributed by atoms with Gasteiger partial charge in [0.25, 0.3) is 0 Å². The number of esters is 1. The zero-order valence-corrected chi connectivity index (χ0v) is 28.2. The van der Waals surface area contributed by atoms with Crippen molar-refractivity contribution in [1.82, 2.24) is 10.6 Å². The molecule has 1 amide bonds. The van der Waals surface area contributed by atoms with Gasteiger partial charge in [-0.15, -0.1) is 0 Å². The first-order chi connectivity index (χ1) is 22.7. The van der Waals surface area contributed by atoms with E-state index < -0.39 is 83.4 Å². The molecule has 0 bridgehead atoms. The van der Waals surface area contributed by atoms with Crippen LogP contribution in [0.2, 0.25) is 0 Å². The molecule has 13 heteroatoms. The minimum Gasteiger partial charge on any atom is -0.485 e. The molecule has 4 atom stereocenters. The standard InChI is InChI=1S/C35H42F4N2O6S/c1-34(2,3)47-29(43)19-27(28(42)20-45-32-30(38)24(36)18-25(37)31(32)39)40-33(44)26(14-17-48-4)41-35(15-7-8-16-46-35)23-13-9-11-21-10-5-6-12-22(21)23/h5-6,9-13,18,26-28,41-42H,7-8,14-17,19-20H2,1-4H3,(H,40,44)/t26-,27-,28?,35?/m0/s1. The van der Waals surface area contributed by atoms with Gasteiger partial charge in [0.15, 0.2) is 17.4 Å². The number of thioether (sulfide) groups is 1. The number of aliphatic hydroxyl groups excluding tert-OH is 1. The molecule has 0 aliphatic carbocycles. The topological polar surface area (TPSA) is 106 Å². The monoisotopic (exact) mass is 694 g/mol. The van der Waals surface area contributed by atoms with Crippen LogP contribution < -0.4 is 15.4 Å². The lowest BCUT2D eigenvalue weighted by Crippen LogP contribution is -2.59. The van der Waals surface area contributed by atoms with Crippen LogP contribution in [0, 0.1) is 23.3 Å². The summed E-state index contributed by atoms with van der Waals surface area (Å²) in [6.45, 7) is 4.46. The lowest BCUT2D eigenvalue weighted by Gasteiger charge is -2.42. The Morgan fingerprint density at radius 3 is 2.38 bits per heavy atom. The van der Waals surface area contributed by atoms with Crippen LogP contribution in [0.15, 0.2) is 48.5 Å². The van der Waals surface area contributed by atoms with Crippen LogP contribution in [0.5, 0.6) is 5.75 Å². The van der Waals surface area contributed by atoms with Gasteiger partial charge in [0.2, 0.25) is 17.5 Å². The van der Waals surface area contributed by atoms with Crippen molar-refractivity contribution in [2.24, 2.45) is 0 Å². The number of amides is 1. The molecule has 0 saturated carbocycles. The Hall–Kier alpha value is -3.39. The molecule has 8 nitrogen and oxygen atoms in total. The Labute approximate surface area is 281 Å².